The number of carbonyl (C=O) groups is 7. The van der Waals surface area contributed by atoms with Crippen LogP contribution in [-0.4, -0.2) is 113 Å². The second-order valence-corrected chi connectivity index (χ2v) is 15.4. The molecule has 0 saturated carbocycles. The first-order valence-electron chi connectivity index (χ1n) is 20.6. The van der Waals surface area contributed by atoms with Gasteiger partial charge in [-0.1, -0.05) is 44.7 Å². The number of carbonyl (C=O) groups excluding carboxylic acids is 7. The van der Waals surface area contributed by atoms with E-state index >= 15 is 0 Å². The lowest BCUT2D eigenvalue weighted by Crippen LogP contribution is -2.60. The highest BCUT2D eigenvalue weighted by molar-refractivity contribution is 5.98. The molecule has 4 bridgehead atoms. The molecule has 2 aromatic carbocycles. The van der Waals surface area contributed by atoms with Gasteiger partial charge < -0.3 is 57.9 Å². The number of hydrogen-bond acceptors (Lipinski definition) is 12. The molecular weight excluding hydrogens is 777 g/mol. The minimum atomic E-state index is -1.74. The van der Waals surface area contributed by atoms with Gasteiger partial charge >= 0.3 is 0 Å². The van der Waals surface area contributed by atoms with E-state index in [0.717, 1.165) is 37.0 Å². The fourth-order valence-corrected chi connectivity index (χ4v) is 6.98. The third kappa shape index (κ3) is 13.5. The summed E-state index contributed by atoms with van der Waals surface area (Å²) in [4.78, 5) is 94.7. The first-order chi connectivity index (χ1) is 28.6. The number of rotatable bonds is 20. The van der Waals surface area contributed by atoms with Crippen LogP contribution in [0.3, 0.4) is 0 Å². The Bertz CT molecular complexity index is 1870. The molecule has 6 amide bonds. The number of nitrogens with two attached hydrogens (primary N) is 2. The van der Waals surface area contributed by atoms with Crippen LogP contribution in [0.1, 0.15) is 95.2 Å². The highest BCUT2D eigenvalue weighted by Gasteiger charge is 2.38. The number of epoxide rings is 1. The van der Waals surface area contributed by atoms with Crippen LogP contribution in [0.15, 0.2) is 36.4 Å². The molecule has 328 valence electrons. The molecule has 1 fully saturated rings. The Labute approximate surface area is 349 Å². The van der Waals surface area contributed by atoms with Crippen molar-refractivity contribution in [2.45, 2.75) is 121 Å². The van der Waals surface area contributed by atoms with Gasteiger partial charge in [0, 0.05) is 44.0 Å². The molecule has 2 aliphatic rings. The summed E-state index contributed by atoms with van der Waals surface area (Å²) in [6.07, 6.45) is 3.84. The van der Waals surface area contributed by atoms with Crippen molar-refractivity contribution in [3.63, 3.8) is 0 Å². The minimum absolute atomic E-state index is 0.0591. The number of phenols is 2. The molecule has 2 heterocycles. The third-order valence-electron chi connectivity index (χ3n) is 10.5. The SMILES string of the molecule is CCCCCCCC(=O)NCCC(=O)N[C@@H](CCCCN)C(=O)N(C)[C@@H]1C(=O)N[C@@H](N)C(=O)N[C@H](C(=O)N[C@@H](C)C(=O)C2CO2)Cc2ccc(O)c(c2)-c2cc1ccc2O. The lowest BCUT2D eigenvalue weighted by molar-refractivity contribution is -0.143. The minimum Gasteiger partial charge on any atom is -0.507 e. The van der Waals surface area contributed by atoms with Crippen molar-refractivity contribution in [3.8, 4) is 22.6 Å². The van der Waals surface area contributed by atoms with Crippen LogP contribution in [0.4, 0.5) is 0 Å². The van der Waals surface area contributed by atoms with E-state index in [1.165, 1.54) is 50.4 Å². The van der Waals surface area contributed by atoms with Gasteiger partial charge in [0.05, 0.1) is 12.6 Å². The van der Waals surface area contributed by atoms with Crippen LogP contribution in [0.25, 0.3) is 11.1 Å². The zero-order chi connectivity index (χ0) is 43.9. The van der Waals surface area contributed by atoms with Gasteiger partial charge in [0.25, 0.3) is 5.91 Å². The number of benzene rings is 2. The average Bonchev–Trinajstić information content (AvgIpc) is 4.06. The number of aromatic hydroxyl groups is 2. The average molecular weight is 837 g/mol. The number of hydrogen-bond donors (Lipinski definition) is 9. The molecular formula is C42H60N8O10. The van der Waals surface area contributed by atoms with Crippen LogP contribution in [0.5, 0.6) is 11.5 Å². The number of ether oxygens (including phenoxy) is 1. The number of fused-ring (bicyclic) bond motifs is 5. The highest BCUT2D eigenvalue weighted by Crippen LogP contribution is 2.39. The van der Waals surface area contributed by atoms with Crippen molar-refractivity contribution in [2.24, 2.45) is 11.5 Å². The summed E-state index contributed by atoms with van der Waals surface area (Å²) >= 11 is 0. The van der Waals surface area contributed by atoms with Crippen LogP contribution in [0.2, 0.25) is 0 Å². The lowest BCUT2D eigenvalue weighted by atomic mass is 9.93. The number of phenolic OH excluding ortho intramolecular Hbond substituents is 2. The number of amides is 6. The van der Waals surface area contributed by atoms with E-state index in [0.29, 0.717) is 31.4 Å². The second-order valence-electron chi connectivity index (χ2n) is 15.4. The van der Waals surface area contributed by atoms with Gasteiger partial charge in [-0.3, -0.25) is 33.6 Å². The molecule has 1 unspecified atom stereocenters. The maximum atomic E-state index is 14.3. The summed E-state index contributed by atoms with van der Waals surface area (Å²) in [6, 6.07) is 3.54. The summed E-state index contributed by atoms with van der Waals surface area (Å²) in [7, 11) is 1.34. The maximum Gasteiger partial charge on any atom is 0.258 e. The predicted octanol–water partition coefficient (Wildman–Crippen LogP) is 0.659. The van der Waals surface area contributed by atoms with E-state index in [9.17, 15) is 43.8 Å². The van der Waals surface area contributed by atoms with E-state index in [-0.39, 0.29) is 72.3 Å². The molecule has 18 nitrogen and oxygen atoms in total. The van der Waals surface area contributed by atoms with Crippen LogP contribution < -0.4 is 38.1 Å². The van der Waals surface area contributed by atoms with E-state index in [2.05, 4.69) is 33.5 Å². The topological polar surface area (TPSA) is 288 Å². The van der Waals surface area contributed by atoms with E-state index in [1.54, 1.807) is 0 Å². The Balaban J connectivity index is 1.61. The molecule has 60 heavy (non-hydrogen) atoms. The fraction of sp³-hybridized carbons (Fsp3) is 0.548. The Morgan fingerprint density at radius 1 is 0.883 bits per heavy atom. The van der Waals surface area contributed by atoms with Gasteiger partial charge in [-0.2, -0.15) is 0 Å². The zero-order valence-electron chi connectivity index (χ0n) is 34.6. The molecule has 0 radical (unpaired) electrons. The number of nitrogens with zero attached hydrogens (tertiary/aromatic N) is 1. The highest BCUT2D eigenvalue weighted by atomic mass is 16.6. The molecule has 0 aliphatic carbocycles. The Morgan fingerprint density at radius 3 is 2.25 bits per heavy atom. The molecule has 2 aliphatic heterocycles. The Kier molecular flexibility index (Phi) is 17.8. The molecule has 0 aromatic heterocycles. The number of likely N-dealkylation sites (N-methyl/N-ethyl adjacent to an activating group) is 1. The van der Waals surface area contributed by atoms with E-state index in [4.69, 9.17) is 16.2 Å². The first kappa shape index (κ1) is 47.1. The zero-order valence-corrected chi connectivity index (χ0v) is 34.6. The van der Waals surface area contributed by atoms with Crippen molar-refractivity contribution in [3.05, 3.63) is 47.5 Å². The van der Waals surface area contributed by atoms with Gasteiger partial charge in [0.1, 0.15) is 35.7 Å². The number of nitrogens with one attached hydrogen (secondary N) is 5. The van der Waals surface area contributed by atoms with Gasteiger partial charge in [-0.15, -0.1) is 0 Å². The molecule has 11 N–H and O–H groups in total. The van der Waals surface area contributed by atoms with Gasteiger partial charge in [-0.05, 0) is 74.5 Å². The first-order valence-corrected chi connectivity index (χ1v) is 20.6. The van der Waals surface area contributed by atoms with Crippen molar-refractivity contribution in [1.29, 1.82) is 0 Å². The standard InChI is InChI=1S/C42H60N8O10/c1-4-5-6-7-8-12-34(53)45-19-17-35(54)47-29(11-9-10-18-43)42(59)50(3)36-26-14-16-32(52)28(22-26)27-20-25(13-15-31(27)51)21-30(48-41(58)38(44)49-40(36)57)39(56)46-24(2)37(55)33-23-60-33/h13-16,20,22,24,29-30,33,36,38,51-52H,4-12,17-19,21,23,43-44H2,1-3H3,(H,45,53)(H,46,56)(H,47,54)(H,48,58)(H,49,57)/t24-,29-,30-,33?,36-,38+/m0/s1. The molecule has 0 spiro atoms. The fourth-order valence-electron chi connectivity index (χ4n) is 6.98. The van der Waals surface area contributed by atoms with E-state index in [1.807, 2.05) is 0 Å². The van der Waals surface area contributed by atoms with Gasteiger partial charge in [0.2, 0.25) is 29.5 Å². The molecule has 18 heteroatoms. The smallest absolute Gasteiger partial charge is 0.258 e. The largest absolute Gasteiger partial charge is 0.507 e. The number of Topliss-reactive ketones (excluding diaryl/α,β-unsaturated/α-hetero) is 1. The van der Waals surface area contributed by atoms with Gasteiger partial charge in [-0.25, -0.2) is 0 Å². The van der Waals surface area contributed by atoms with Crippen LogP contribution in [-0.2, 0) is 44.7 Å². The van der Waals surface area contributed by atoms with Crippen LogP contribution in [0, 0.1) is 0 Å². The quantitative estimate of drug-likeness (QED) is 0.0657. The third-order valence-corrected chi connectivity index (χ3v) is 10.5. The monoisotopic (exact) mass is 836 g/mol. The predicted molar refractivity (Wildman–Crippen MR) is 221 cm³/mol. The Morgan fingerprint density at radius 2 is 1.57 bits per heavy atom. The van der Waals surface area contributed by atoms with Crippen molar-refractivity contribution in [1.82, 2.24) is 31.5 Å². The number of ketones is 1. The molecule has 2 aromatic rings. The van der Waals surface area contributed by atoms with Crippen LogP contribution >= 0.6 is 0 Å². The maximum absolute atomic E-state index is 14.3. The summed E-state index contributed by atoms with van der Waals surface area (Å²) in [5.74, 6) is -4.85. The van der Waals surface area contributed by atoms with Crippen molar-refractivity contribution >= 4 is 41.2 Å². The van der Waals surface area contributed by atoms with Gasteiger partial charge in [0.15, 0.2) is 11.9 Å². The van der Waals surface area contributed by atoms with Crippen molar-refractivity contribution in [2.75, 3.05) is 26.7 Å². The summed E-state index contributed by atoms with van der Waals surface area (Å²) in [5.41, 5.74) is 12.7. The summed E-state index contributed by atoms with van der Waals surface area (Å²) < 4.78 is 5.04. The summed E-state index contributed by atoms with van der Waals surface area (Å²) in [5, 5.41) is 35.1. The molecule has 6 atom stereocenters. The Hall–Kier alpha value is -5.59. The lowest BCUT2D eigenvalue weighted by Gasteiger charge is -2.32. The molecule has 4 rings (SSSR count). The summed E-state index contributed by atoms with van der Waals surface area (Å²) in [6.45, 7) is 4.23. The van der Waals surface area contributed by atoms with E-state index < -0.39 is 66.0 Å². The van der Waals surface area contributed by atoms with Crippen molar-refractivity contribution < 1.29 is 48.5 Å². The normalized spacial score (nSPS) is 19.7. The second kappa shape index (κ2) is 22.7. The molecule has 1 saturated heterocycles. The number of unbranched alkanes of at least 4 members (excludes halogenated alkanes) is 5.